The third kappa shape index (κ3) is 7.52. The summed E-state index contributed by atoms with van der Waals surface area (Å²) < 4.78 is 25.2. The lowest BCUT2D eigenvalue weighted by atomic mass is 10.1. The van der Waals surface area contributed by atoms with Gasteiger partial charge in [0.25, 0.3) is 0 Å². The van der Waals surface area contributed by atoms with Gasteiger partial charge in [-0.05, 0) is 43.7 Å². The first-order valence-electron chi connectivity index (χ1n) is 10.8. The summed E-state index contributed by atoms with van der Waals surface area (Å²) >= 11 is 0. The highest BCUT2D eigenvalue weighted by Crippen LogP contribution is 2.15. The van der Waals surface area contributed by atoms with Gasteiger partial charge in [0.05, 0.1) is 0 Å². The van der Waals surface area contributed by atoms with Crippen LogP contribution in [0.1, 0.15) is 24.0 Å². The Kier molecular flexibility index (Phi) is 9.12. The summed E-state index contributed by atoms with van der Waals surface area (Å²) in [6.45, 7) is 4.20. The molecule has 0 atom stereocenters. The van der Waals surface area contributed by atoms with Crippen molar-refractivity contribution in [2.24, 2.45) is 4.99 Å². The molecule has 31 heavy (non-hydrogen) atoms. The van der Waals surface area contributed by atoms with Crippen molar-refractivity contribution in [3.05, 3.63) is 65.5 Å². The second-order valence-electron chi connectivity index (χ2n) is 7.69. The highest BCUT2D eigenvalue weighted by atomic mass is 19.1. The first kappa shape index (κ1) is 23.0. The van der Waals surface area contributed by atoms with Gasteiger partial charge in [-0.3, -0.25) is 9.89 Å². The first-order valence-corrected chi connectivity index (χ1v) is 10.8. The molecule has 3 rings (SSSR count). The Morgan fingerprint density at radius 1 is 1.13 bits per heavy atom. The number of aliphatic imine (C=N–C) groups is 1. The lowest BCUT2D eigenvalue weighted by Gasteiger charge is -2.31. The van der Waals surface area contributed by atoms with Gasteiger partial charge in [0.1, 0.15) is 18.2 Å². The van der Waals surface area contributed by atoms with Crippen molar-refractivity contribution in [3.63, 3.8) is 0 Å². The zero-order valence-corrected chi connectivity index (χ0v) is 18.4. The second-order valence-corrected chi connectivity index (χ2v) is 7.69. The number of halogens is 1. The monoisotopic (exact) mass is 428 g/mol. The van der Waals surface area contributed by atoms with Gasteiger partial charge in [0.2, 0.25) is 0 Å². The van der Waals surface area contributed by atoms with E-state index in [-0.39, 0.29) is 5.82 Å². The summed E-state index contributed by atoms with van der Waals surface area (Å²) in [5.74, 6) is 1.25. The van der Waals surface area contributed by atoms with E-state index >= 15 is 0 Å². The van der Waals surface area contributed by atoms with E-state index in [1.807, 2.05) is 30.3 Å². The van der Waals surface area contributed by atoms with Gasteiger partial charge < -0.3 is 20.1 Å². The summed E-state index contributed by atoms with van der Waals surface area (Å²) in [5.41, 5.74) is 1.69. The summed E-state index contributed by atoms with van der Waals surface area (Å²) in [5, 5.41) is 6.40. The van der Waals surface area contributed by atoms with Crippen LogP contribution in [0.5, 0.6) is 5.75 Å². The van der Waals surface area contributed by atoms with E-state index in [9.17, 15) is 4.39 Å². The molecule has 0 spiro atoms. The van der Waals surface area contributed by atoms with Crippen LogP contribution < -0.4 is 15.4 Å². The minimum absolute atomic E-state index is 0.224. The quantitative estimate of drug-likeness (QED) is 0.475. The van der Waals surface area contributed by atoms with Crippen LogP contribution in [0.25, 0.3) is 0 Å². The van der Waals surface area contributed by atoms with E-state index in [1.165, 1.54) is 6.07 Å². The average molecular weight is 429 g/mol. The fourth-order valence-corrected chi connectivity index (χ4v) is 3.59. The largest absolute Gasteiger partial charge is 0.492 e. The number of rotatable bonds is 9. The van der Waals surface area contributed by atoms with Gasteiger partial charge in [0, 0.05) is 51.5 Å². The number of nitrogens with zero attached hydrogens (tertiary/aromatic N) is 2. The van der Waals surface area contributed by atoms with E-state index in [1.54, 1.807) is 19.2 Å². The molecule has 1 heterocycles. The number of likely N-dealkylation sites (N-methyl/N-ethyl adjacent to an activating group) is 1. The average Bonchev–Trinajstić information content (AvgIpc) is 2.81. The summed E-state index contributed by atoms with van der Waals surface area (Å²) in [6.07, 6.45) is 2.17. The molecule has 1 aliphatic rings. The van der Waals surface area contributed by atoms with Crippen molar-refractivity contribution in [1.29, 1.82) is 0 Å². The predicted octanol–water partition coefficient (Wildman–Crippen LogP) is 3.18. The van der Waals surface area contributed by atoms with E-state index in [2.05, 4.69) is 27.6 Å². The molecule has 2 N–H and O–H groups in total. The van der Waals surface area contributed by atoms with Gasteiger partial charge in [-0.1, -0.05) is 30.3 Å². The predicted molar refractivity (Wildman–Crippen MR) is 122 cm³/mol. The van der Waals surface area contributed by atoms with Crippen LogP contribution in [0.4, 0.5) is 4.39 Å². The zero-order chi connectivity index (χ0) is 21.9. The molecule has 1 fully saturated rings. The van der Waals surface area contributed by atoms with Crippen LogP contribution in [0, 0.1) is 5.82 Å². The normalized spacial score (nSPS) is 15.2. The molecule has 0 aliphatic carbocycles. The minimum atomic E-state index is -0.224. The maximum absolute atomic E-state index is 13.8. The maximum atomic E-state index is 13.8. The highest BCUT2D eigenvalue weighted by molar-refractivity contribution is 5.79. The molecule has 0 saturated carbocycles. The molecular weight excluding hydrogens is 395 g/mol. The number of hydrogen-bond acceptors (Lipinski definition) is 4. The van der Waals surface area contributed by atoms with Crippen molar-refractivity contribution in [2.75, 3.05) is 40.5 Å². The molecule has 0 amide bonds. The number of benzene rings is 2. The van der Waals surface area contributed by atoms with Gasteiger partial charge >= 0.3 is 0 Å². The van der Waals surface area contributed by atoms with Gasteiger partial charge in [-0.2, -0.15) is 0 Å². The van der Waals surface area contributed by atoms with Gasteiger partial charge in [0.15, 0.2) is 5.96 Å². The van der Waals surface area contributed by atoms with Gasteiger partial charge in [-0.25, -0.2) is 4.39 Å². The standard InChI is InChI=1S/C24H33FN4O2/c1-26-24(28-18-20-7-3-4-9-23(20)25)27-17-19-6-5-8-22(16-19)31-15-12-29(2)21-10-13-30-14-11-21/h3-9,16,21H,10-15,17-18H2,1-2H3,(H2,26,27,28). The molecule has 6 nitrogen and oxygen atoms in total. The molecule has 0 bridgehead atoms. The third-order valence-corrected chi connectivity index (χ3v) is 5.51. The Balaban J connectivity index is 1.42. The molecule has 2 aromatic carbocycles. The van der Waals surface area contributed by atoms with Crippen LogP contribution in [0.2, 0.25) is 0 Å². The van der Waals surface area contributed by atoms with Crippen molar-refractivity contribution < 1.29 is 13.9 Å². The second kappa shape index (κ2) is 12.3. The smallest absolute Gasteiger partial charge is 0.191 e. The zero-order valence-electron chi connectivity index (χ0n) is 18.4. The molecule has 0 unspecified atom stereocenters. The lowest BCUT2D eigenvalue weighted by molar-refractivity contribution is 0.0392. The Hall–Kier alpha value is -2.64. The topological polar surface area (TPSA) is 58.1 Å². The van der Waals surface area contributed by atoms with E-state index in [0.717, 1.165) is 43.9 Å². The Bertz CT molecular complexity index is 840. The van der Waals surface area contributed by atoms with Crippen LogP contribution in [-0.4, -0.2) is 57.4 Å². The van der Waals surface area contributed by atoms with Crippen LogP contribution in [-0.2, 0) is 17.8 Å². The first-order chi connectivity index (χ1) is 15.2. The number of hydrogen-bond donors (Lipinski definition) is 2. The van der Waals surface area contributed by atoms with Crippen LogP contribution in [0.3, 0.4) is 0 Å². The summed E-state index contributed by atoms with van der Waals surface area (Å²) in [4.78, 5) is 6.57. The molecule has 1 saturated heterocycles. The minimum Gasteiger partial charge on any atom is -0.492 e. The van der Waals surface area contributed by atoms with Crippen molar-refractivity contribution in [1.82, 2.24) is 15.5 Å². The molecule has 7 heteroatoms. The van der Waals surface area contributed by atoms with E-state index in [4.69, 9.17) is 9.47 Å². The molecule has 0 radical (unpaired) electrons. The molecule has 168 valence electrons. The van der Waals surface area contributed by atoms with Crippen LogP contribution >= 0.6 is 0 Å². The fourth-order valence-electron chi connectivity index (χ4n) is 3.59. The Morgan fingerprint density at radius 3 is 2.68 bits per heavy atom. The molecular formula is C24H33FN4O2. The maximum Gasteiger partial charge on any atom is 0.191 e. The van der Waals surface area contributed by atoms with Crippen molar-refractivity contribution in [2.45, 2.75) is 32.0 Å². The van der Waals surface area contributed by atoms with Gasteiger partial charge in [-0.15, -0.1) is 0 Å². The number of nitrogens with one attached hydrogen (secondary N) is 2. The fraction of sp³-hybridized carbons (Fsp3) is 0.458. The molecule has 0 aromatic heterocycles. The Labute approximate surface area is 184 Å². The molecule has 2 aromatic rings. The van der Waals surface area contributed by atoms with E-state index in [0.29, 0.717) is 37.3 Å². The summed E-state index contributed by atoms with van der Waals surface area (Å²) in [6, 6.07) is 15.3. The number of guanidine groups is 1. The SMILES string of the molecule is CN=C(NCc1cccc(OCCN(C)C2CCOCC2)c1)NCc1ccccc1F. The van der Waals surface area contributed by atoms with Crippen molar-refractivity contribution in [3.8, 4) is 5.75 Å². The lowest BCUT2D eigenvalue weighted by Crippen LogP contribution is -2.38. The van der Waals surface area contributed by atoms with Crippen molar-refractivity contribution >= 4 is 5.96 Å². The molecule has 1 aliphatic heterocycles. The number of ether oxygens (including phenoxy) is 2. The summed E-state index contributed by atoms with van der Waals surface area (Å²) in [7, 11) is 3.85. The Morgan fingerprint density at radius 2 is 1.90 bits per heavy atom. The third-order valence-electron chi connectivity index (χ3n) is 5.51. The highest BCUT2D eigenvalue weighted by Gasteiger charge is 2.17. The van der Waals surface area contributed by atoms with E-state index < -0.39 is 0 Å². The van der Waals surface area contributed by atoms with Crippen LogP contribution in [0.15, 0.2) is 53.5 Å².